The van der Waals surface area contributed by atoms with Crippen molar-refractivity contribution in [3.05, 3.63) is 65.7 Å². The third kappa shape index (κ3) is 5.77. The Morgan fingerprint density at radius 1 is 1.11 bits per heavy atom. The van der Waals surface area contributed by atoms with Crippen LogP contribution in [0.25, 0.3) is 0 Å². The van der Waals surface area contributed by atoms with Gasteiger partial charge in [0, 0.05) is 13.1 Å². The monoisotopic (exact) mass is 376 g/mol. The van der Waals surface area contributed by atoms with Crippen molar-refractivity contribution in [2.45, 2.75) is 26.4 Å². The molecular formula is C20H22F2N2O3. The van der Waals surface area contributed by atoms with E-state index in [0.717, 1.165) is 0 Å². The van der Waals surface area contributed by atoms with Gasteiger partial charge in [-0.15, -0.1) is 0 Å². The first-order valence-electron chi connectivity index (χ1n) is 8.61. The van der Waals surface area contributed by atoms with Crippen molar-refractivity contribution in [3.63, 3.8) is 0 Å². The molecule has 2 rings (SSSR count). The predicted octanol–water partition coefficient (Wildman–Crippen LogP) is 2.90. The van der Waals surface area contributed by atoms with E-state index in [4.69, 9.17) is 4.74 Å². The molecular weight excluding hydrogens is 354 g/mol. The Kier molecular flexibility index (Phi) is 7.28. The van der Waals surface area contributed by atoms with Crippen molar-refractivity contribution in [2.24, 2.45) is 0 Å². The maximum absolute atomic E-state index is 13.7. The molecule has 2 amide bonds. The van der Waals surface area contributed by atoms with Crippen molar-refractivity contribution < 1.29 is 23.1 Å². The van der Waals surface area contributed by atoms with Gasteiger partial charge in [-0.2, -0.15) is 0 Å². The molecule has 0 aromatic heterocycles. The van der Waals surface area contributed by atoms with E-state index in [2.05, 4.69) is 5.32 Å². The van der Waals surface area contributed by atoms with E-state index < -0.39 is 30.2 Å². The van der Waals surface area contributed by atoms with E-state index in [0.29, 0.717) is 12.1 Å². The molecule has 0 spiro atoms. The molecule has 0 saturated carbocycles. The van der Waals surface area contributed by atoms with Gasteiger partial charge in [0.25, 0.3) is 5.91 Å². The highest BCUT2D eigenvalue weighted by molar-refractivity contribution is 5.87. The Labute approximate surface area is 156 Å². The van der Waals surface area contributed by atoms with Crippen LogP contribution in [0.3, 0.4) is 0 Å². The zero-order chi connectivity index (χ0) is 19.8. The summed E-state index contributed by atoms with van der Waals surface area (Å²) in [6, 6.07) is 10.6. The Bertz CT molecular complexity index is 781. The maximum atomic E-state index is 13.7. The third-order valence-corrected chi connectivity index (χ3v) is 3.97. The lowest BCUT2D eigenvalue weighted by molar-refractivity contribution is -0.142. The Balaban J connectivity index is 2.14. The van der Waals surface area contributed by atoms with E-state index in [1.165, 1.54) is 47.4 Å². The fourth-order valence-electron chi connectivity index (χ4n) is 2.48. The fraction of sp³-hybridized carbons (Fsp3) is 0.300. The molecule has 0 fully saturated rings. The predicted molar refractivity (Wildman–Crippen MR) is 97.0 cm³/mol. The van der Waals surface area contributed by atoms with E-state index in [9.17, 15) is 18.4 Å². The number of amides is 2. The SMILES string of the molecule is CCNC(=O)[C@H](C)N(Cc1ccc(F)cc1)C(=O)COc1ccccc1F. The number of nitrogens with one attached hydrogen (secondary N) is 1. The van der Waals surface area contributed by atoms with E-state index in [1.807, 2.05) is 0 Å². The number of hydrogen-bond acceptors (Lipinski definition) is 3. The number of carbonyl (C=O) groups excluding carboxylic acids is 2. The average molecular weight is 376 g/mol. The molecule has 0 saturated heterocycles. The van der Waals surface area contributed by atoms with Gasteiger partial charge in [-0.1, -0.05) is 24.3 Å². The van der Waals surface area contributed by atoms with Crippen LogP contribution in [-0.4, -0.2) is 35.9 Å². The number of benzene rings is 2. The zero-order valence-corrected chi connectivity index (χ0v) is 15.2. The van der Waals surface area contributed by atoms with Crippen LogP contribution in [-0.2, 0) is 16.1 Å². The second-order valence-electron chi connectivity index (χ2n) is 5.94. The van der Waals surface area contributed by atoms with Gasteiger partial charge in [0.2, 0.25) is 5.91 Å². The molecule has 0 unspecified atom stereocenters. The van der Waals surface area contributed by atoms with E-state index >= 15 is 0 Å². The molecule has 0 aliphatic rings. The van der Waals surface area contributed by atoms with Crippen LogP contribution in [0.2, 0.25) is 0 Å². The van der Waals surface area contributed by atoms with Crippen LogP contribution in [0.5, 0.6) is 5.75 Å². The number of carbonyl (C=O) groups is 2. The van der Waals surface area contributed by atoms with Gasteiger partial charge in [0.15, 0.2) is 18.2 Å². The summed E-state index contributed by atoms with van der Waals surface area (Å²) in [5.41, 5.74) is 0.659. The second-order valence-corrected chi connectivity index (χ2v) is 5.94. The molecule has 1 N–H and O–H groups in total. The van der Waals surface area contributed by atoms with Gasteiger partial charge < -0.3 is 15.0 Å². The van der Waals surface area contributed by atoms with Crippen molar-refractivity contribution in [1.29, 1.82) is 0 Å². The standard InChI is InChI=1S/C20H22F2N2O3/c1-3-23-20(26)14(2)24(12-15-8-10-16(21)11-9-15)19(25)13-27-18-7-5-4-6-17(18)22/h4-11,14H,3,12-13H2,1-2H3,(H,23,26)/t14-/m0/s1. The van der Waals surface area contributed by atoms with Crippen LogP contribution in [0.15, 0.2) is 48.5 Å². The topological polar surface area (TPSA) is 58.6 Å². The van der Waals surface area contributed by atoms with Crippen LogP contribution in [0.1, 0.15) is 19.4 Å². The summed E-state index contributed by atoms with van der Waals surface area (Å²) in [7, 11) is 0. The number of para-hydroxylation sites is 1. The molecule has 0 aliphatic heterocycles. The summed E-state index contributed by atoms with van der Waals surface area (Å²) in [6.07, 6.45) is 0. The lowest BCUT2D eigenvalue weighted by Crippen LogP contribution is -2.49. The number of rotatable bonds is 8. The molecule has 0 aliphatic carbocycles. The quantitative estimate of drug-likeness (QED) is 0.771. The summed E-state index contributed by atoms with van der Waals surface area (Å²) in [6.45, 7) is 3.46. The van der Waals surface area contributed by atoms with Crippen molar-refractivity contribution in [1.82, 2.24) is 10.2 Å². The summed E-state index contributed by atoms with van der Waals surface area (Å²) in [5.74, 6) is -1.82. The van der Waals surface area contributed by atoms with Crippen LogP contribution < -0.4 is 10.1 Å². The zero-order valence-electron chi connectivity index (χ0n) is 15.2. The van der Waals surface area contributed by atoms with Crippen molar-refractivity contribution in [3.8, 4) is 5.75 Å². The second kappa shape index (κ2) is 9.66. The van der Waals surface area contributed by atoms with E-state index in [-0.39, 0.29) is 18.2 Å². The summed E-state index contributed by atoms with van der Waals surface area (Å²) < 4.78 is 32.0. The molecule has 1 atom stereocenters. The Morgan fingerprint density at radius 2 is 1.78 bits per heavy atom. The summed E-state index contributed by atoms with van der Waals surface area (Å²) in [5, 5.41) is 2.66. The summed E-state index contributed by atoms with van der Waals surface area (Å²) >= 11 is 0. The lowest BCUT2D eigenvalue weighted by Gasteiger charge is -2.28. The van der Waals surface area contributed by atoms with Gasteiger partial charge >= 0.3 is 0 Å². The van der Waals surface area contributed by atoms with Gasteiger partial charge in [0.05, 0.1) is 0 Å². The largest absolute Gasteiger partial charge is 0.481 e. The number of halogens is 2. The Morgan fingerprint density at radius 3 is 2.41 bits per heavy atom. The van der Waals surface area contributed by atoms with Crippen molar-refractivity contribution >= 4 is 11.8 Å². The fourth-order valence-corrected chi connectivity index (χ4v) is 2.48. The smallest absolute Gasteiger partial charge is 0.261 e. The van der Waals surface area contributed by atoms with Gasteiger partial charge in [-0.3, -0.25) is 9.59 Å². The molecule has 27 heavy (non-hydrogen) atoms. The maximum Gasteiger partial charge on any atom is 0.261 e. The number of nitrogens with zero attached hydrogens (tertiary/aromatic N) is 1. The first kappa shape index (κ1) is 20.4. The van der Waals surface area contributed by atoms with E-state index in [1.54, 1.807) is 19.9 Å². The third-order valence-electron chi connectivity index (χ3n) is 3.97. The first-order chi connectivity index (χ1) is 12.9. The highest BCUT2D eigenvalue weighted by atomic mass is 19.1. The minimum Gasteiger partial charge on any atom is -0.481 e. The van der Waals surface area contributed by atoms with Gasteiger partial charge in [0.1, 0.15) is 11.9 Å². The van der Waals surface area contributed by atoms with Crippen LogP contribution in [0, 0.1) is 11.6 Å². The molecule has 0 radical (unpaired) electrons. The molecule has 7 heteroatoms. The minimum atomic E-state index is -0.772. The summed E-state index contributed by atoms with van der Waals surface area (Å²) in [4.78, 5) is 26.2. The van der Waals surface area contributed by atoms with Crippen LogP contribution >= 0.6 is 0 Å². The highest BCUT2D eigenvalue weighted by Gasteiger charge is 2.26. The Hall–Kier alpha value is -2.96. The molecule has 144 valence electrons. The molecule has 2 aromatic carbocycles. The number of hydrogen-bond donors (Lipinski definition) is 1. The number of ether oxygens (including phenoxy) is 1. The number of likely N-dealkylation sites (N-methyl/N-ethyl adjacent to an activating group) is 1. The van der Waals surface area contributed by atoms with Gasteiger partial charge in [-0.05, 0) is 43.7 Å². The van der Waals surface area contributed by atoms with Crippen molar-refractivity contribution in [2.75, 3.05) is 13.2 Å². The molecule has 2 aromatic rings. The van der Waals surface area contributed by atoms with Crippen LogP contribution in [0.4, 0.5) is 8.78 Å². The first-order valence-corrected chi connectivity index (χ1v) is 8.61. The lowest BCUT2D eigenvalue weighted by atomic mass is 10.1. The molecule has 5 nitrogen and oxygen atoms in total. The highest BCUT2D eigenvalue weighted by Crippen LogP contribution is 2.16. The molecule has 0 bridgehead atoms. The normalized spacial score (nSPS) is 11.6. The molecule has 0 heterocycles. The van der Waals surface area contributed by atoms with Gasteiger partial charge in [-0.25, -0.2) is 8.78 Å². The average Bonchev–Trinajstić information content (AvgIpc) is 2.66. The minimum absolute atomic E-state index is 0.0433.